The largest absolute Gasteiger partial charge is 0.492 e. The fraction of sp³-hybridized carbons (Fsp3) is 0.143. The van der Waals surface area contributed by atoms with E-state index in [0.717, 1.165) is 5.56 Å². The van der Waals surface area contributed by atoms with Crippen LogP contribution >= 0.6 is 0 Å². The van der Waals surface area contributed by atoms with Crippen LogP contribution < -0.4 is 15.4 Å². The third kappa shape index (κ3) is 5.04. The van der Waals surface area contributed by atoms with Crippen molar-refractivity contribution in [3.05, 3.63) is 83.9 Å². The molecule has 0 unspecified atom stereocenters. The minimum absolute atomic E-state index is 0.272. The molecule has 3 rings (SSSR count). The van der Waals surface area contributed by atoms with Gasteiger partial charge in [0.2, 0.25) is 0 Å². The molecular formula is C21H20FN3O2. The number of carbonyl (C=O) groups excluding carboxylic acids is 1. The van der Waals surface area contributed by atoms with Gasteiger partial charge in [-0.05, 0) is 42.8 Å². The van der Waals surface area contributed by atoms with Crippen LogP contribution in [0.3, 0.4) is 0 Å². The maximum Gasteiger partial charge on any atom is 0.257 e. The lowest BCUT2D eigenvalue weighted by atomic mass is 10.2. The monoisotopic (exact) mass is 365 g/mol. The van der Waals surface area contributed by atoms with Crippen LogP contribution in [-0.4, -0.2) is 17.5 Å². The summed E-state index contributed by atoms with van der Waals surface area (Å²) in [5, 5.41) is 6.03. The molecule has 1 amide bonds. The molecule has 3 aromatic rings. The Kier molecular flexibility index (Phi) is 5.99. The zero-order valence-electron chi connectivity index (χ0n) is 14.9. The first-order valence-electron chi connectivity index (χ1n) is 8.62. The van der Waals surface area contributed by atoms with E-state index in [0.29, 0.717) is 35.8 Å². The van der Waals surface area contributed by atoms with E-state index >= 15 is 0 Å². The van der Waals surface area contributed by atoms with Crippen LogP contribution in [0.25, 0.3) is 0 Å². The lowest BCUT2D eigenvalue weighted by Crippen LogP contribution is -2.13. The third-order valence-electron chi connectivity index (χ3n) is 3.85. The molecule has 0 aliphatic rings. The van der Waals surface area contributed by atoms with Gasteiger partial charge in [-0.25, -0.2) is 4.39 Å². The molecule has 6 heteroatoms. The summed E-state index contributed by atoms with van der Waals surface area (Å²) >= 11 is 0. The van der Waals surface area contributed by atoms with Crippen molar-refractivity contribution < 1.29 is 13.9 Å². The molecule has 0 radical (unpaired) electrons. The topological polar surface area (TPSA) is 63.2 Å². The minimum atomic E-state index is -0.278. The van der Waals surface area contributed by atoms with E-state index in [4.69, 9.17) is 4.74 Å². The van der Waals surface area contributed by atoms with Crippen molar-refractivity contribution in [2.24, 2.45) is 0 Å². The molecule has 0 saturated heterocycles. The van der Waals surface area contributed by atoms with Gasteiger partial charge in [0.1, 0.15) is 11.6 Å². The predicted octanol–water partition coefficient (Wildman–Crippen LogP) is 4.48. The maximum absolute atomic E-state index is 13.0. The first kappa shape index (κ1) is 18.4. The van der Waals surface area contributed by atoms with Gasteiger partial charge in [-0.3, -0.25) is 9.78 Å². The number of benzene rings is 2. The number of ether oxygens (including phenoxy) is 1. The SMILES string of the molecule is CCOc1ccccc1NC(=O)c1cncc(NCc2ccc(F)cc2)c1. The van der Waals surface area contributed by atoms with E-state index in [1.165, 1.54) is 18.3 Å². The number of amides is 1. The molecule has 0 aliphatic carbocycles. The standard InChI is InChI=1S/C21H20FN3O2/c1-2-27-20-6-4-3-5-19(20)25-21(26)16-11-18(14-23-13-16)24-12-15-7-9-17(22)10-8-15/h3-11,13-14,24H,2,12H2,1H3,(H,25,26). The molecular weight excluding hydrogens is 345 g/mol. The fourth-order valence-electron chi connectivity index (χ4n) is 2.51. The molecule has 2 aromatic carbocycles. The third-order valence-corrected chi connectivity index (χ3v) is 3.85. The second-order valence-corrected chi connectivity index (χ2v) is 5.83. The smallest absolute Gasteiger partial charge is 0.257 e. The average molecular weight is 365 g/mol. The van der Waals surface area contributed by atoms with Crippen LogP contribution in [0.2, 0.25) is 0 Å². The van der Waals surface area contributed by atoms with Gasteiger partial charge in [-0.15, -0.1) is 0 Å². The number of aromatic nitrogens is 1. The molecule has 0 fully saturated rings. The zero-order chi connectivity index (χ0) is 19.1. The van der Waals surface area contributed by atoms with Gasteiger partial charge in [0.05, 0.1) is 23.5 Å². The second kappa shape index (κ2) is 8.80. The summed E-state index contributed by atoms with van der Waals surface area (Å²) in [7, 11) is 0. The van der Waals surface area contributed by atoms with Crippen molar-refractivity contribution in [1.82, 2.24) is 4.98 Å². The zero-order valence-corrected chi connectivity index (χ0v) is 14.9. The van der Waals surface area contributed by atoms with Crippen molar-refractivity contribution in [2.45, 2.75) is 13.5 Å². The summed E-state index contributed by atoms with van der Waals surface area (Å²) in [5.41, 5.74) is 2.65. The Hall–Kier alpha value is -3.41. The number of hydrogen-bond acceptors (Lipinski definition) is 4. The minimum Gasteiger partial charge on any atom is -0.492 e. The molecule has 0 atom stereocenters. The van der Waals surface area contributed by atoms with Crippen molar-refractivity contribution >= 4 is 17.3 Å². The summed E-state index contributed by atoms with van der Waals surface area (Å²) < 4.78 is 18.5. The van der Waals surface area contributed by atoms with Crippen molar-refractivity contribution in [3.8, 4) is 5.75 Å². The molecule has 0 bridgehead atoms. The fourth-order valence-corrected chi connectivity index (χ4v) is 2.51. The van der Waals surface area contributed by atoms with E-state index in [9.17, 15) is 9.18 Å². The van der Waals surface area contributed by atoms with Crippen molar-refractivity contribution in [1.29, 1.82) is 0 Å². The number of anilines is 2. The highest BCUT2D eigenvalue weighted by Crippen LogP contribution is 2.24. The molecule has 2 N–H and O–H groups in total. The highest BCUT2D eigenvalue weighted by Gasteiger charge is 2.10. The highest BCUT2D eigenvalue weighted by atomic mass is 19.1. The Bertz CT molecular complexity index is 913. The van der Waals surface area contributed by atoms with E-state index in [1.807, 2.05) is 19.1 Å². The van der Waals surface area contributed by atoms with E-state index in [1.54, 1.807) is 36.5 Å². The van der Waals surface area contributed by atoms with Crippen LogP contribution in [-0.2, 0) is 6.54 Å². The van der Waals surface area contributed by atoms with Crippen molar-refractivity contribution in [3.63, 3.8) is 0 Å². The van der Waals surface area contributed by atoms with Gasteiger partial charge in [-0.1, -0.05) is 24.3 Å². The summed E-state index contributed by atoms with van der Waals surface area (Å²) in [4.78, 5) is 16.7. The first-order valence-corrected chi connectivity index (χ1v) is 8.62. The molecule has 1 aromatic heterocycles. The van der Waals surface area contributed by atoms with E-state index in [-0.39, 0.29) is 11.7 Å². The maximum atomic E-state index is 13.0. The van der Waals surface area contributed by atoms with Crippen LogP contribution in [0.4, 0.5) is 15.8 Å². The van der Waals surface area contributed by atoms with Gasteiger partial charge in [0.25, 0.3) is 5.91 Å². The Morgan fingerprint density at radius 1 is 1.11 bits per heavy atom. The molecule has 0 saturated carbocycles. The van der Waals surface area contributed by atoms with Crippen LogP contribution in [0.15, 0.2) is 67.0 Å². The normalized spacial score (nSPS) is 10.3. The predicted molar refractivity (Wildman–Crippen MR) is 104 cm³/mol. The number of nitrogens with one attached hydrogen (secondary N) is 2. The van der Waals surface area contributed by atoms with E-state index < -0.39 is 0 Å². The Balaban J connectivity index is 1.67. The lowest BCUT2D eigenvalue weighted by Gasteiger charge is -2.12. The van der Waals surface area contributed by atoms with Gasteiger partial charge in [0, 0.05) is 18.9 Å². The first-order chi connectivity index (χ1) is 13.2. The van der Waals surface area contributed by atoms with Crippen molar-refractivity contribution in [2.75, 3.05) is 17.2 Å². The van der Waals surface area contributed by atoms with Gasteiger partial charge >= 0.3 is 0 Å². The number of nitrogens with zero attached hydrogens (tertiary/aromatic N) is 1. The molecule has 5 nitrogen and oxygen atoms in total. The molecule has 0 aliphatic heterocycles. The molecule has 0 spiro atoms. The number of hydrogen-bond donors (Lipinski definition) is 2. The van der Waals surface area contributed by atoms with Gasteiger partial charge < -0.3 is 15.4 Å². The highest BCUT2D eigenvalue weighted by molar-refractivity contribution is 6.05. The Morgan fingerprint density at radius 2 is 1.89 bits per heavy atom. The number of halogens is 1. The molecule has 27 heavy (non-hydrogen) atoms. The number of carbonyl (C=O) groups is 1. The van der Waals surface area contributed by atoms with Gasteiger partial charge in [-0.2, -0.15) is 0 Å². The quantitative estimate of drug-likeness (QED) is 0.648. The lowest BCUT2D eigenvalue weighted by molar-refractivity contribution is 0.102. The summed E-state index contributed by atoms with van der Waals surface area (Å²) in [6, 6.07) is 15.2. The van der Waals surface area contributed by atoms with Crippen LogP contribution in [0.1, 0.15) is 22.8 Å². The number of rotatable bonds is 7. The summed E-state index contributed by atoms with van der Waals surface area (Å²) in [6.45, 7) is 2.90. The summed E-state index contributed by atoms with van der Waals surface area (Å²) in [5.74, 6) is 0.0680. The Morgan fingerprint density at radius 3 is 2.67 bits per heavy atom. The average Bonchev–Trinajstić information content (AvgIpc) is 2.69. The molecule has 1 heterocycles. The Labute approximate surface area is 157 Å². The number of pyridine rings is 1. The summed E-state index contributed by atoms with van der Waals surface area (Å²) in [6.07, 6.45) is 3.14. The van der Waals surface area contributed by atoms with Crippen LogP contribution in [0, 0.1) is 5.82 Å². The van der Waals surface area contributed by atoms with Gasteiger partial charge in [0.15, 0.2) is 0 Å². The van der Waals surface area contributed by atoms with E-state index in [2.05, 4.69) is 15.6 Å². The second-order valence-electron chi connectivity index (χ2n) is 5.83. The molecule has 138 valence electrons. The van der Waals surface area contributed by atoms with Crippen LogP contribution in [0.5, 0.6) is 5.75 Å². The number of para-hydroxylation sites is 2.